The second kappa shape index (κ2) is 5.50. The fourth-order valence-corrected chi connectivity index (χ4v) is 4.04. The van der Waals surface area contributed by atoms with Crippen LogP contribution in [0.2, 0.25) is 0 Å². The minimum atomic E-state index is 0.00608. The van der Waals surface area contributed by atoms with Gasteiger partial charge >= 0.3 is 0 Å². The van der Waals surface area contributed by atoms with E-state index in [4.69, 9.17) is 0 Å². The van der Waals surface area contributed by atoms with Crippen molar-refractivity contribution in [3.63, 3.8) is 0 Å². The van der Waals surface area contributed by atoms with E-state index >= 15 is 0 Å². The molecule has 0 spiro atoms. The summed E-state index contributed by atoms with van der Waals surface area (Å²) in [6.07, 6.45) is 4.67. The van der Waals surface area contributed by atoms with Crippen molar-refractivity contribution in [2.24, 2.45) is 0 Å². The fourth-order valence-electron chi connectivity index (χ4n) is 3.14. The molecule has 2 fully saturated rings. The number of thiazole rings is 1. The van der Waals surface area contributed by atoms with Crippen molar-refractivity contribution in [1.82, 2.24) is 14.8 Å². The van der Waals surface area contributed by atoms with Crippen LogP contribution in [0, 0.1) is 6.92 Å². The van der Waals surface area contributed by atoms with Gasteiger partial charge in [-0.2, -0.15) is 5.10 Å². The molecule has 4 rings (SSSR count). The van der Waals surface area contributed by atoms with Gasteiger partial charge in [-0.25, -0.2) is 9.67 Å². The maximum absolute atomic E-state index is 12.1. The number of hydrogen-bond donors (Lipinski definition) is 0. The first-order valence-corrected chi connectivity index (χ1v) is 8.85. The molecule has 1 unspecified atom stereocenters. The minimum Gasteiger partial charge on any atom is -0.343 e. The zero-order valence-electron chi connectivity index (χ0n) is 12.7. The second-order valence-electron chi connectivity index (χ2n) is 6.31. The molecule has 22 heavy (non-hydrogen) atoms. The monoisotopic (exact) mass is 316 g/mol. The normalized spacial score (nSPS) is 21.5. The minimum absolute atomic E-state index is 0.00608. The third-order valence-corrected chi connectivity index (χ3v) is 5.49. The van der Waals surface area contributed by atoms with Gasteiger partial charge in [-0.3, -0.25) is 4.79 Å². The van der Waals surface area contributed by atoms with Crippen LogP contribution in [0.3, 0.4) is 0 Å². The van der Waals surface area contributed by atoms with Gasteiger partial charge in [-0.1, -0.05) is 0 Å². The first kappa shape index (κ1) is 13.9. The summed E-state index contributed by atoms with van der Waals surface area (Å²) >= 11 is 1.69. The summed E-state index contributed by atoms with van der Waals surface area (Å²) < 4.78 is 1.66. The van der Waals surface area contributed by atoms with Crippen LogP contribution in [0.25, 0.3) is 0 Å². The quantitative estimate of drug-likeness (QED) is 0.870. The molecule has 1 aliphatic heterocycles. The molecule has 2 aromatic heterocycles. The summed E-state index contributed by atoms with van der Waals surface area (Å²) in [7, 11) is 0. The lowest BCUT2D eigenvalue weighted by Gasteiger charge is -2.24. The molecule has 2 aromatic rings. The molecule has 0 bridgehead atoms. The SMILES string of the molecule is Cc1csc(N2CCCC2Cn2nc(C3CC3)ccc2=O)n1. The van der Waals surface area contributed by atoms with Gasteiger partial charge in [0.1, 0.15) is 0 Å². The van der Waals surface area contributed by atoms with E-state index in [9.17, 15) is 4.79 Å². The van der Waals surface area contributed by atoms with Gasteiger partial charge in [-0.05, 0) is 38.7 Å². The Hall–Kier alpha value is -1.69. The third kappa shape index (κ3) is 2.67. The summed E-state index contributed by atoms with van der Waals surface area (Å²) in [5.41, 5.74) is 2.15. The summed E-state index contributed by atoms with van der Waals surface area (Å²) in [6, 6.07) is 3.89. The number of anilines is 1. The molecule has 0 radical (unpaired) electrons. The van der Waals surface area contributed by atoms with E-state index in [1.54, 1.807) is 22.1 Å². The first-order valence-electron chi connectivity index (χ1n) is 7.97. The van der Waals surface area contributed by atoms with Gasteiger partial charge < -0.3 is 4.90 Å². The second-order valence-corrected chi connectivity index (χ2v) is 7.15. The Balaban J connectivity index is 1.57. The standard InChI is InChI=1S/C16H20N4OS/c1-11-10-22-16(17-11)19-8-2-3-13(19)9-20-15(21)7-6-14(18-20)12-4-5-12/h6-7,10,12-13H,2-5,8-9H2,1H3. The van der Waals surface area contributed by atoms with Gasteiger partial charge in [-0.15, -0.1) is 11.3 Å². The lowest BCUT2D eigenvalue weighted by atomic mass is 10.2. The van der Waals surface area contributed by atoms with Crippen LogP contribution in [-0.2, 0) is 6.54 Å². The lowest BCUT2D eigenvalue weighted by Crippen LogP contribution is -2.37. The van der Waals surface area contributed by atoms with Crippen molar-refractivity contribution in [2.45, 2.75) is 51.1 Å². The zero-order chi connectivity index (χ0) is 15.1. The number of aryl methyl sites for hydroxylation is 1. The molecule has 0 aromatic carbocycles. The highest BCUT2D eigenvalue weighted by Crippen LogP contribution is 2.38. The third-order valence-electron chi connectivity index (χ3n) is 4.50. The van der Waals surface area contributed by atoms with E-state index in [1.165, 1.54) is 12.8 Å². The number of nitrogens with zero attached hydrogens (tertiary/aromatic N) is 4. The van der Waals surface area contributed by atoms with Crippen LogP contribution < -0.4 is 10.5 Å². The predicted octanol–water partition coefficient (Wildman–Crippen LogP) is 2.55. The van der Waals surface area contributed by atoms with Crippen LogP contribution >= 0.6 is 11.3 Å². The average Bonchev–Trinajstić information content (AvgIpc) is 3.11. The Kier molecular flexibility index (Phi) is 3.48. The molecule has 5 nitrogen and oxygen atoms in total. The maximum Gasteiger partial charge on any atom is 0.266 e. The summed E-state index contributed by atoms with van der Waals surface area (Å²) in [6.45, 7) is 3.71. The zero-order valence-corrected chi connectivity index (χ0v) is 13.6. The Morgan fingerprint density at radius 1 is 1.32 bits per heavy atom. The van der Waals surface area contributed by atoms with E-state index in [-0.39, 0.29) is 5.56 Å². The van der Waals surface area contributed by atoms with Gasteiger partial charge in [0.05, 0.1) is 24.0 Å². The molecule has 2 aliphatic rings. The highest BCUT2D eigenvalue weighted by atomic mass is 32.1. The maximum atomic E-state index is 12.1. The van der Waals surface area contributed by atoms with Gasteiger partial charge in [0.25, 0.3) is 5.56 Å². The Bertz CT molecular complexity index is 734. The smallest absolute Gasteiger partial charge is 0.266 e. The summed E-state index contributed by atoms with van der Waals surface area (Å²) in [4.78, 5) is 19.1. The Labute approximate surface area is 133 Å². The molecule has 0 N–H and O–H groups in total. The van der Waals surface area contributed by atoms with Crippen LogP contribution in [-0.4, -0.2) is 27.4 Å². The molecule has 116 valence electrons. The van der Waals surface area contributed by atoms with Crippen molar-refractivity contribution in [1.29, 1.82) is 0 Å². The largest absolute Gasteiger partial charge is 0.343 e. The lowest BCUT2D eigenvalue weighted by molar-refractivity contribution is 0.482. The van der Waals surface area contributed by atoms with Crippen LogP contribution in [0.4, 0.5) is 5.13 Å². The van der Waals surface area contributed by atoms with Crippen molar-refractivity contribution in [2.75, 3.05) is 11.4 Å². The highest BCUT2D eigenvalue weighted by Gasteiger charge is 2.29. The van der Waals surface area contributed by atoms with Crippen molar-refractivity contribution < 1.29 is 0 Å². The molecule has 3 heterocycles. The molecule has 1 saturated carbocycles. The summed E-state index contributed by atoms with van der Waals surface area (Å²) in [5.74, 6) is 0.577. The van der Waals surface area contributed by atoms with E-state index in [2.05, 4.69) is 20.4 Å². The Morgan fingerprint density at radius 3 is 2.91 bits per heavy atom. The van der Waals surface area contributed by atoms with E-state index in [0.717, 1.165) is 35.9 Å². The average molecular weight is 316 g/mol. The van der Waals surface area contributed by atoms with Crippen LogP contribution in [0.1, 0.15) is 43.0 Å². The first-order chi connectivity index (χ1) is 10.7. The molecule has 1 saturated heterocycles. The molecule has 6 heteroatoms. The number of rotatable bonds is 4. The number of aromatic nitrogens is 3. The van der Waals surface area contributed by atoms with Crippen molar-refractivity contribution in [3.8, 4) is 0 Å². The summed E-state index contributed by atoms with van der Waals surface area (Å²) in [5, 5.41) is 7.75. The molecule has 1 atom stereocenters. The van der Waals surface area contributed by atoms with Crippen molar-refractivity contribution >= 4 is 16.5 Å². The van der Waals surface area contributed by atoms with Gasteiger partial charge in [0.15, 0.2) is 5.13 Å². The topological polar surface area (TPSA) is 51.0 Å². The number of hydrogen-bond acceptors (Lipinski definition) is 5. The fraction of sp³-hybridized carbons (Fsp3) is 0.562. The molecule has 0 amide bonds. The van der Waals surface area contributed by atoms with E-state index < -0.39 is 0 Å². The van der Waals surface area contributed by atoms with Gasteiger partial charge in [0.2, 0.25) is 0 Å². The highest BCUT2D eigenvalue weighted by molar-refractivity contribution is 7.13. The molecular weight excluding hydrogens is 296 g/mol. The van der Waals surface area contributed by atoms with E-state index in [1.807, 2.05) is 13.0 Å². The Morgan fingerprint density at radius 2 is 2.18 bits per heavy atom. The van der Waals surface area contributed by atoms with Crippen LogP contribution in [0.5, 0.6) is 0 Å². The van der Waals surface area contributed by atoms with Gasteiger partial charge in [0, 0.05) is 23.9 Å². The van der Waals surface area contributed by atoms with E-state index in [0.29, 0.717) is 18.5 Å². The van der Waals surface area contributed by atoms with Crippen LogP contribution in [0.15, 0.2) is 22.3 Å². The predicted molar refractivity (Wildman–Crippen MR) is 87.7 cm³/mol. The molecule has 1 aliphatic carbocycles. The van der Waals surface area contributed by atoms with Crippen molar-refractivity contribution in [3.05, 3.63) is 39.3 Å². The molecular formula is C16H20N4OS.